The molecular formula is C11H10FN3O3S. The first-order chi connectivity index (χ1) is 8.90. The van der Waals surface area contributed by atoms with Gasteiger partial charge in [0.2, 0.25) is 5.03 Å². The number of nitrogen functional groups attached to an aromatic ring is 1. The second kappa shape index (κ2) is 4.73. The summed E-state index contributed by atoms with van der Waals surface area (Å²) in [6.45, 7) is 0. The van der Waals surface area contributed by atoms with Crippen molar-refractivity contribution < 1.29 is 17.9 Å². The van der Waals surface area contributed by atoms with Gasteiger partial charge in [-0.2, -0.15) is 8.42 Å². The summed E-state index contributed by atoms with van der Waals surface area (Å²) in [5, 5.41) is 8.45. The number of halogens is 1. The Morgan fingerprint density at radius 3 is 2.68 bits per heavy atom. The van der Waals surface area contributed by atoms with Crippen LogP contribution in [0.1, 0.15) is 0 Å². The zero-order chi connectivity index (χ0) is 14.0. The van der Waals surface area contributed by atoms with Crippen LogP contribution in [0.25, 0.3) is 0 Å². The highest BCUT2D eigenvalue weighted by atomic mass is 32.2. The summed E-state index contributed by atoms with van der Waals surface area (Å²) in [5.41, 5.74) is 5.59. The van der Waals surface area contributed by atoms with Crippen molar-refractivity contribution in [2.45, 2.75) is 5.03 Å². The number of benzene rings is 1. The number of phenolic OH excluding ortho intramolecular Hbond substituents is 1. The van der Waals surface area contributed by atoms with Gasteiger partial charge in [-0.15, -0.1) is 0 Å². The van der Waals surface area contributed by atoms with Crippen LogP contribution in [0.2, 0.25) is 0 Å². The summed E-state index contributed by atoms with van der Waals surface area (Å²) in [5.74, 6) is -1.07. The van der Waals surface area contributed by atoms with Gasteiger partial charge in [0.15, 0.2) is 5.82 Å². The quantitative estimate of drug-likeness (QED) is 0.582. The molecule has 0 unspecified atom stereocenters. The number of nitrogens with zero attached hydrogens (tertiary/aromatic N) is 1. The average Bonchev–Trinajstić information content (AvgIpc) is 2.33. The second-order valence-corrected chi connectivity index (χ2v) is 5.27. The van der Waals surface area contributed by atoms with Crippen LogP contribution in [0.3, 0.4) is 0 Å². The monoisotopic (exact) mass is 283 g/mol. The van der Waals surface area contributed by atoms with Gasteiger partial charge >= 0.3 is 0 Å². The first kappa shape index (κ1) is 13.1. The van der Waals surface area contributed by atoms with E-state index in [2.05, 4.69) is 9.71 Å². The van der Waals surface area contributed by atoms with Gasteiger partial charge in [0.25, 0.3) is 10.0 Å². The third-order valence-electron chi connectivity index (χ3n) is 2.26. The molecule has 19 heavy (non-hydrogen) atoms. The van der Waals surface area contributed by atoms with E-state index in [0.717, 1.165) is 12.3 Å². The lowest BCUT2D eigenvalue weighted by molar-refractivity contribution is 0.475. The highest BCUT2D eigenvalue weighted by molar-refractivity contribution is 7.92. The SMILES string of the molecule is Nc1cc(O)ccc1NS(=O)(=O)c1ncccc1F. The van der Waals surface area contributed by atoms with E-state index in [9.17, 15) is 12.8 Å². The van der Waals surface area contributed by atoms with E-state index in [0.29, 0.717) is 0 Å². The minimum atomic E-state index is -4.18. The molecule has 0 spiro atoms. The van der Waals surface area contributed by atoms with Gasteiger partial charge < -0.3 is 10.8 Å². The van der Waals surface area contributed by atoms with Crippen LogP contribution in [0, 0.1) is 5.82 Å². The van der Waals surface area contributed by atoms with Crippen LogP contribution in [0.4, 0.5) is 15.8 Å². The van der Waals surface area contributed by atoms with Crippen LogP contribution < -0.4 is 10.5 Å². The molecule has 6 nitrogen and oxygen atoms in total. The minimum absolute atomic E-state index is 0.0138. The molecule has 0 saturated heterocycles. The van der Waals surface area contributed by atoms with Gasteiger partial charge in [0.05, 0.1) is 11.4 Å². The summed E-state index contributed by atoms with van der Waals surface area (Å²) in [6.07, 6.45) is 1.16. The van der Waals surface area contributed by atoms with Crippen LogP contribution in [-0.4, -0.2) is 18.5 Å². The average molecular weight is 283 g/mol. The Morgan fingerprint density at radius 2 is 2.05 bits per heavy atom. The molecule has 8 heteroatoms. The first-order valence-corrected chi connectivity index (χ1v) is 6.60. The lowest BCUT2D eigenvalue weighted by atomic mass is 10.2. The standard InChI is InChI=1S/C11H10FN3O3S/c12-8-2-1-5-14-11(8)19(17,18)15-10-4-3-7(16)6-9(10)13/h1-6,15-16H,13H2. The number of anilines is 2. The van der Waals surface area contributed by atoms with Crippen molar-refractivity contribution >= 4 is 21.4 Å². The second-order valence-electron chi connectivity index (χ2n) is 3.67. The maximum absolute atomic E-state index is 13.4. The van der Waals surface area contributed by atoms with Crippen molar-refractivity contribution in [2.24, 2.45) is 0 Å². The molecule has 2 aromatic rings. The molecule has 0 aliphatic heterocycles. The van der Waals surface area contributed by atoms with Gasteiger partial charge in [-0.3, -0.25) is 4.72 Å². The number of hydrogen-bond donors (Lipinski definition) is 3. The summed E-state index contributed by atoms with van der Waals surface area (Å²) in [4.78, 5) is 3.48. The third kappa shape index (κ3) is 2.74. The van der Waals surface area contributed by atoms with E-state index in [1.807, 2.05) is 0 Å². The molecule has 1 heterocycles. The highest BCUT2D eigenvalue weighted by Gasteiger charge is 2.21. The molecule has 0 saturated carbocycles. The molecular weight excluding hydrogens is 273 g/mol. The molecule has 0 aliphatic rings. The van der Waals surface area contributed by atoms with E-state index >= 15 is 0 Å². The fourth-order valence-corrected chi connectivity index (χ4v) is 2.50. The topological polar surface area (TPSA) is 105 Å². The van der Waals surface area contributed by atoms with Crippen molar-refractivity contribution in [2.75, 3.05) is 10.5 Å². The Balaban J connectivity index is 2.40. The maximum atomic E-state index is 13.4. The number of nitrogens with two attached hydrogens (primary N) is 1. The van der Waals surface area contributed by atoms with Crippen molar-refractivity contribution in [1.82, 2.24) is 4.98 Å². The van der Waals surface area contributed by atoms with Crippen molar-refractivity contribution in [1.29, 1.82) is 0 Å². The third-order valence-corrected chi connectivity index (χ3v) is 3.56. The molecule has 0 amide bonds. The van der Waals surface area contributed by atoms with Gasteiger partial charge in [-0.05, 0) is 24.3 Å². The number of rotatable bonds is 3. The van der Waals surface area contributed by atoms with Crippen LogP contribution in [0.5, 0.6) is 5.75 Å². The maximum Gasteiger partial charge on any atom is 0.282 e. The summed E-state index contributed by atoms with van der Waals surface area (Å²) in [6, 6.07) is 5.96. The Bertz CT molecular complexity index is 719. The van der Waals surface area contributed by atoms with Crippen LogP contribution >= 0.6 is 0 Å². The van der Waals surface area contributed by atoms with E-state index in [1.54, 1.807) is 0 Å². The Labute approximate surface area is 108 Å². The molecule has 100 valence electrons. The van der Waals surface area contributed by atoms with Crippen LogP contribution in [-0.2, 0) is 10.0 Å². The van der Waals surface area contributed by atoms with E-state index < -0.39 is 20.9 Å². The summed E-state index contributed by atoms with van der Waals surface area (Å²) >= 11 is 0. The number of sulfonamides is 1. The Hall–Kier alpha value is -2.35. The lowest BCUT2D eigenvalue weighted by Gasteiger charge is -2.10. The number of pyridine rings is 1. The number of aromatic nitrogens is 1. The van der Waals surface area contributed by atoms with Crippen molar-refractivity contribution in [3.63, 3.8) is 0 Å². The van der Waals surface area contributed by atoms with Gasteiger partial charge in [-0.1, -0.05) is 0 Å². The summed E-state index contributed by atoms with van der Waals surface area (Å²) < 4.78 is 39.4. The largest absolute Gasteiger partial charge is 0.508 e. The lowest BCUT2D eigenvalue weighted by Crippen LogP contribution is -2.17. The number of nitrogens with one attached hydrogen (secondary N) is 1. The fraction of sp³-hybridized carbons (Fsp3) is 0. The predicted octanol–water partition coefficient (Wildman–Crippen LogP) is 1.31. The number of phenols is 1. The van der Waals surface area contributed by atoms with E-state index in [4.69, 9.17) is 10.8 Å². The van der Waals surface area contributed by atoms with Crippen LogP contribution in [0.15, 0.2) is 41.6 Å². The van der Waals surface area contributed by atoms with Crippen molar-refractivity contribution in [3.8, 4) is 5.75 Å². The van der Waals surface area contributed by atoms with E-state index in [-0.39, 0.29) is 17.1 Å². The smallest absolute Gasteiger partial charge is 0.282 e. The van der Waals surface area contributed by atoms with Crippen molar-refractivity contribution in [3.05, 3.63) is 42.3 Å². The predicted molar refractivity (Wildman–Crippen MR) is 67.5 cm³/mol. The molecule has 0 aliphatic carbocycles. The zero-order valence-electron chi connectivity index (χ0n) is 9.54. The zero-order valence-corrected chi connectivity index (χ0v) is 10.4. The number of aromatic hydroxyl groups is 1. The molecule has 1 aromatic carbocycles. The molecule has 0 fully saturated rings. The Kier molecular flexibility index (Phi) is 3.26. The van der Waals surface area contributed by atoms with E-state index in [1.165, 1.54) is 24.3 Å². The molecule has 0 bridgehead atoms. The summed E-state index contributed by atoms with van der Waals surface area (Å²) in [7, 11) is -4.18. The minimum Gasteiger partial charge on any atom is -0.508 e. The normalized spacial score (nSPS) is 11.2. The van der Waals surface area contributed by atoms with Gasteiger partial charge in [-0.25, -0.2) is 9.37 Å². The molecule has 0 radical (unpaired) electrons. The molecule has 4 N–H and O–H groups in total. The fourth-order valence-electron chi connectivity index (χ4n) is 1.41. The number of hydrogen-bond acceptors (Lipinski definition) is 5. The molecule has 0 atom stereocenters. The van der Waals surface area contributed by atoms with Gasteiger partial charge in [0, 0.05) is 12.3 Å². The molecule has 1 aromatic heterocycles. The highest BCUT2D eigenvalue weighted by Crippen LogP contribution is 2.25. The first-order valence-electron chi connectivity index (χ1n) is 5.12. The Morgan fingerprint density at radius 1 is 1.32 bits per heavy atom. The molecule has 2 rings (SSSR count). The van der Waals surface area contributed by atoms with Gasteiger partial charge in [0.1, 0.15) is 5.75 Å².